The molecule has 5 rings (SSSR count). The Morgan fingerprint density at radius 2 is 1.75 bits per heavy atom. The number of fused-ring (bicyclic) bond motifs is 1. The molecule has 3 aliphatic rings. The van der Waals surface area contributed by atoms with Crippen LogP contribution in [-0.2, 0) is 17.9 Å². The number of rotatable bonds is 4. The van der Waals surface area contributed by atoms with E-state index in [9.17, 15) is 14.4 Å². The third kappa shape index (κ3) is 3.98. The van der Waals surface area contributed by atoms with Crippen LogP contribution in [0, 0.1) is 0 Å². The lowest BCUT2D eigenvalue weighted by Gasteiger charge is -2.33. The second kappa shape index (κ2) is 8.56. The Labute approximate surface area is 191 Å². The molecule has 32 heavy (non-hydrogen) atoms. The van der Waals surface area contributed by atoms with Crippen LogP contribution in [0.25, 0.3) is 0 Å². The van der Waals surface area contributed by atoms with Crippen LogP contribution >= 0.6 is 11.6 Å². The van der Waals surface area contributed by atoms with Gasteiger partial charge in [0.25, 0.3) is 5.91 Å². The third-order valence-corrected chi connectivity index (χ3v) is 6.96. The van der Waals surface area contributed by atoms with Crippen molar-refractivity contribution in [1.82, 2.24) is 20.2 Å². The molecule has 2 aromatic rings. The molecule has 0 spiro atoms. The Bertz CT molecular complexity index is 1080. The van der Waals surface area contributed by atoms with Crippen molar-refractivity contribution in [2.24, 2.45) is 0 Å². The summed E-state index contributed by atoms with van der Waals surface area (Å²) in [4.78, 5) is 38.8. The van der Waals surface area contributed by atoms with Gasteiger partial charge in [-0.05, 0) is 60.7 Å². The maximum absolute atomic E-state index is 12.8. The molecule has 3 heterocycles. The highest BCUT2D eigenvalue weighted by atomic mass is 35.5. The summed E-state index contributed by atoms with van der Waals surface area (Å²) in [7, 11) is 0. The average molecular weight is 453 g/mol. The number of halogens is 1. The number of imide groups is 1. The average Bonchev–Trinajstić information content (AvgIpc) is 3.10. The van der Waals surface area contributed by atoms with Crippen molar-refractivity contribution in [3.05, 3.63) is 69.7 Å². The summed E-state index contributed by atoms with van der Waals surface area (Å²) in [6, 6.07) is 13.5. The van der Waals surface area contributed by atoms with Crippen molar-refractivity contribution in [2.45, 2.75) is 38.3 Å². The van der Waals surface area contributed by atoms with E-state index in [1.54, 1.807) is 0 Å². The third-order valence-electron chi connectivity index (χ3n) is 6.62. The molecule has 0 aromatic heterocycles. The number of urea groups is 1. The summed E-state index contributed by atoms with van der Waals surface area (Å²) in [5.41, 5.74) is 3.94. The van der Waals surface area contributed by atoms with E-state index >= 15 is 0 Å². The van der Waals surface area contributed by atoms with Gasteiger partial charge in [-0.15, -0.1) is 0 Å². The van der Waals surface area contributed by atoms with Crippen molar-refractivity contribution in [1.29, 1.82) is 0 Å². The highest BCUT2D eigenvalue weighted by molar-refractivity contribution is 6.31. The second-order valence-corrected chi connectivity index (χ2v) is 9.06. The Kier molecular flexibility index (Phi) is 5.61. The number of hydrogen-bond donors (Lipinski definition) is 1. The monoisotopic (exact) mass is 452 g/mol. The van der Waals surface area contributed by atoms with Crippen molar-refractivity contribution >= 4 is 29.4 Å². The first kappa shape index (κ1) is 21.0. The summed E-state index contributed by atoms with van der Waals surface area (Å²) in [5, 5.41) is 5.90. The van der Waals surface area contributed by atoms with Crippen molar-refractivity contribution in [3.63, 3.8) is 0 Å². The van der Waals surface area contributed by atoms with E-state index in [1.807, 2.05) is 30.3 Å². The van der Waals surface area contributed by atoms with Gasteiger partial charge < -0.3 is 0 Å². The van der Waals surface area contributed by atoms with Crippen molar-refractivity contribution in [2.75, 3.05) is 19.6 Å². The molecule has 166 valence electrons. The molecule has 0 unspecified atom stereocenters. The van der Waals surface area contributed by atoms with Gasteiger partial charge in [-0.3, -0.25) is 19.8 Å². The minimum absolute atomic E-state index is 0.196. The number of benzene rings is 2. The highest BCUT2D eigenvalue weighted by Gasteiger charge is 2.37. The van der Waals surface area contributed by atoms with Gasteiger partial charge in [0.05, 0.1) is 13.1 Å². The molecule has 3 aliphatic heterocycles. The van der Waals surface area contributed by atoms with E-state index < -0.39 is 6.03 Å². The van der Waals surface area contributed by atoms with Crippen LogP contribution in [0.5, 0.6) is 0 Å². The molecule has 8 heteroatoms. The first-order valence-corrected chi connectivity index (χ1v) is 11.4. The van der Waals surface area contributed by atoms with Crippen LogP contribution < -0.4 is 5.32 Å². The van der Waals surface area contributed by atoms with E-state index in [0.717, 1.165) is 48.6 Å². The molecule has 0 saturated carbocycles. The van der Waals surface area contributed by atoms with E-state index in [-0.39, 0.29) is 24.8 Å². The number of piperidine rings is 1. The number of likely N-dealkylation sites (tertiary alicyclic amines) is 1. The SMILES string of the molecule is O=C1CCN(N2Cc3cc(CN4CCC(c5ccccc5Cl)CC4)ccc3C2=O)C(=O)N1. The topological polar surface area (TPSA) is 73.0 Å². The van der Waals surface area contributed by atoms with Gasteiger partial charge in [-0.1, -0.05) is 41.9 Å². The summed E-state index contributed by atoms with van der Waals surface area (Å²) >= 11 is 6.38. The van der Waals surface area contributed by atoms with Gasteiger partial charge in [-0.25, -0.2) is 14.8 Å². The zero-order valence-corrected chi connectivity index (χ0v) is 18.5. The number of hydrogen-bond acceptors (Lipinski definition) is 4. The van der Waals surface area contributed by atoms with Crippen molar-refractivity contribution in [3.8, 4) is 0 Å². The maximum atomic E-state index is 12.8. The van der Waals surface area contributed by atoms with Gasteiger partial charge in [0.15, 0.2) is 0 Å². The molecule has 4 amide bonds. The summed E-state index contributed by atoms with van der Waals surface area (Å²) in [6.07, 6.45) is 2.34. The number of amides is 4. The molecule has 0 aliphatic carbocycles. The Morgan fingerprint density at radius 3 is 2.50 bits per heavy atom. The molecule has 1 N–H and O–H groups in total. The van der Waals surface area contributed by atoms with Crippen LogP contribution in [0.2, 0.25) is 5.02 Å². The van der Waals surface area contributed by atoms with E-state index in [2.05, 4.69) is 22.3 Å². The predicted molar refractivity (Wildman–Crippen MR) is 120 cm³/mol. The summed E-state index contributed by atoms with van der Waals surface area (Å²) in [6.45, 7) is 3.39. The summed E-state index contributed by atoms with van der Waals surface area (Å²) < 4.78 is 0. The fourth-order valence-electron chi connectivity index (χ4n) is 4.90. The van der Waals surface area contributed by atoms with E-state index in [0.29, 0.717) is 18.0 Å². The minimum Gasteiger partial charge on any atom is -0.299 e. The lowest BCUT2D eigenvalue weighted by molar-refractivity contribution is -0.123. The molecule has 2 fully saturated rings. The fourth-order valence-corrected chi connectivity index (χ4v) is 5.19. The first-order chi connectivity index (χ1) is 15.5. The molecule has 2 aromatic carbocycles. The van der Waals surface area contributed by atoms with E-state index in [4.69, 9.17) is 11.6 Å². The lowest BCUT2D eigenvalue weighted by atomic mass is 9.89. The number of carbonyl (C=O) groups is 3. The molecule has 7 nitrogen and oxygen atoms in total. The van der Waals surface area contributed by atoms with Crippen molar-refractivity contribution < 1.29 is 14.4 Å². The van der Waals surface area contributed by atoms with Crippen LogP contribution in [0.4, 0.5) is 4.79 Å². The van der Waals surface area contributed by atoms with Gasteiger partial charge in [-0.2, -0.15) is 0 Å². The number of hydrazine groups is 1. The highest BCUT2D eigenvalue weighted by Crippen LogP contribution is 2.33. The molecule has 2 saturated heterocycles. The number of carbonyl (C=O) groups excluding carboxylic acids is 3. The standard InChI is InChI=1S/C24H25ClN4O3/c25-21-4-2-1-3-19(21)17-7-10-27(11-8-17)14-16-5-6-20-18(13-16)15-29(23(20)31)28-12-9-22(30)26-24(28)32/h1-6,13,17H,7-12,14-15H2,(H,26,30,32). The fraction of sp³-hybridized carbons (Fsp3) is 0.375. The molecule has 0 atom stereocenters. The lowest BCUT2D eigenvalue weighted by Crippen LogP contribution is -2.56. The normalized spacial score (nSPS) is 20.0. The Hall–Kier alpha value is -2.90. The van der Waals surface area contributed by atoms with Crippen LogP contribution in [0.1, 0.15) is 52.2 Å². The molecule has 0 bridgehead atoms. The maximum Gasteiger partial charge on any atom is 0.342 e. The zero-order chi connectivity index (χ0) is 22.2. The predicted octanol–water partition coefficient (Wildman–Crippen LogP) is 3.53. The quantitative estimate of drug-likeness (QED) is 0.770. The van der Waals surface area contributed by atoms with Crippen LogP contribution in [-0.4, -0.2) is 52.4 Å². The summed E-state index contributed by atoms with van der Waals surface area (Å²) in [5.74, 6) is -0.0127. The van der Waals surface area contributed by atoms with Gasteiger partial charge in [0, 0.05) is 23.6 Å². The first-order valence-electron chi connectivity index (χ1n) is 11.0. The largest absolute Gasteiger partial charge is 0.342 e. The van der Waals surface area contributed by atoms with Gasteiger partial charge in [0.1, 0.15) is 0 Å². The van der Waals surface area contributed by atoms with Gasteiger partial charge >= 0.3 is 6.03 Å². The second-order valence-electron chi connectivity index (χ2n) is 8.65. The Morgan fingerprint density at radius 1 is 0.969 bits per heavy atom. The molecular weight excluding hydrogens is 428 g/mol. The number of nitrogens with zero attached hydrogens (tertiary/aromatic N) is 3. The minimum atomic E-state index is -0.538. The van der Waals surface area contributed by atoms with Gasteiger partial charge in [0.2, 0.25) is 5.91 Å². The Balaban J connectivity index is 1.22. The number of nitrogens with one attached hydrogen (secondary N) is 1. The van der Waals surface area contributed by atoms with E-state index in [1.165, 1.54) is 15.6 Å². The van der Waals surface area contributed by atoms with Crippen LogP contribution in [0.3, 0.4) is 0 Å². The zero-order valence-electron chi connectivity index (χ0n) is 17.7. The molecule has 0 radical (unpaired) electrons. The smallest absolute Gasteiger partial charge is 0.299 e. The molecular formula is C24H25ClN4O3. The van der Waals surface area contributed by atoms with Crippen LogP contribution in [0.15, 0.2) is 42.5 Å².